The fraction of sp³-hybridized carbons (Fsp3) is 0.885. The van der Waals surface area contributed by atoms with Crippen LogP contribution in [0, 0.1) is 11.8 Å². The molecule has 8 heteroatoms. The molecule has 34 heavy (non-hydrogen) atoms. The number of aliphatic hydroxyl groups is 1. The standard InChI is InChI=1S/C26H42O8/c1-14-11-17(7-8-23(27)29-6)31-19(15(14)2)12-21-24(28)16(3)25-22(32-21)13-20-18(33-25)9-10-30-26(4,5)34-20/h14,16-22,24-25,28H,2,7-13H2,1,3-6H3/t14-,16-,17+,18-,19?,20-,21?,22+,24-,25+/m1/s1. The Labute approximate surface area is 203 Å². The van der Waals surface area contributed by atoms with E-state index in [9.17, 15) is 9.90 Å². The van der Waals surface area contributed by atoms with Crippen LogP contribution in [0.25, 0.3) is 0 Å². The van der Waals surface area contributed by atoms with Crippen LogP contribution in [-0.4, -0.2) is 79.4 Å². The summed E-state index contributed by atoms with van der Waals surface area (Å²) in [6.07, 6.45) is 1.93. The van der Waals surface area contributed by atoms with E-state index in [-0.39, 0.29) is 60.5 Å². The molecule has 4 saturated heterocycles. The minimum atomic E-state index is -0.667. The fourth-order valence-corrected chi connectivity index (χ4v) is 5.94. The molecule has 0 amide bonds. The SMILES string of the molecule is C=C1C(CC2O[C@H]3C[C@H]4OC(C)(C)OCC[C@H]4O[C@H]3[C@H](C)[C@H]2O)O[C@@H](CCC(=O)OC)C[C@H]1C. The normalized spacial score (nSPS) is 44.5. The molecule has 0 aromatic carbocycles. The highest BCUT2D eigenvalue weighted by atomic mass is 16.7. The van der Waals surface area contributed by atoms with Crippen LogP contribution in [0.1, 0.15) is 66.2 Å². The first-order chi connectivity index (χ1) is 16.1. The fourth-order valence-electron chi connectivity index (χ4n) is 5.94. The Morgan fingerprint density at radius 1 is 1.15 bits per heavy atom. The number of hydrogen-bond donors (Lipinski definition) is 1. The first-order valence-electron chi connectivity index (χ1n) is 12.8. The van der Waals surface area contributed by atoms with E-state index in [1.54, 1.807) is 0 Å². The van der Waals surface area contributed by atoms with Crippen LogP contribution in [-0.2, 0) is 33.2 Å². The van der Waals surface area contributed by atoms with E-state index in [2.05, 4.69) is 13.5 Å². The Balaban J connectivity index is 1.41. The molecule has 0 aliphatic carbocycles. The van der Waals surface area contributed by atoms with Gasteiger partial charge in [0.05, 0.1) is 62.5 Å². The number of rotatable bonds is 5. The molecule has 4 rings (SSSR count). The second kappa shape index (κ2) is 10.5. The molecule has 0 radical (unpaired) electrons. The third-order valence-corrected chi connectivity index (χ3v) is 8.02. The van der Waals surface area contributed by atoms with Crippen LogP contribution in [0.2, 0.25) is 0 Å². The van der Waals surface area contributed by atoms with Gasteiger partial charge in [0.2, 0.25) is 0 Å². The molecule has 0 bridgehead atoms. The summed E-state index contributed by atoms with van der Waals surface area (Å²) in [5.74, 6) is -0.690. The van der Waals surface area contributed by atoms with Crippen molar-refractivity contribution in [1.29, 1.82) is 0 Å². The molecule has 194 valence electrons. The van der Waals surface area contributed by atoms with E-state index in [0.29, 0.717) is 32.3 Å². The highest BCUT2D eigenvalue weighted by Gasteiger charge is 2.51. The number of esters is 1. The summed E-state index contributed by atoms with van der Waals surface area (Å²) in [7, 11) is 1.40. The molecule has 8 nitrogen and oxygen atoms in total. The molecule has 4 aliphatic heterocycles. The van der Waals surface area contributed by atoms with E-state index in [1.807, 2.05) is 20.8 Å². The number of hydrogen-bond acceptors (Lipinski definition) is 8. The Morgan fingerprint density at radius 3 is 2.65 bits per heavy atom. The number of carbonyl (C=O) groups excluding carboxylic acids is 1. The lowest BCUT2D eigenvalue weighted by molar-refractivity contribution is -0.294. The van der Waals surface area contributed by atoms with Crippen LogP contribution in [0.4, 0.5) is 0 Å². The Hall–Kier alpha value is -1.03. The molecule has 4 aliphatic rings. The Bertz CT molecular complexity index is 738. The highest BCUT2D eigenvalue weighted by Crippen LogP contribution is 2.42. The first-order valence-corrected chi connectivity index (χ1v) is 12.8. The van der Waals surface area contributed by atoms with Crippen molar-refractivity contribution in [2.24, 2.45) is 11.8 Å². The van der Waals surface area contributed by atoms with Crippen molar-refractivity contribution in [3.05, 3.63) is 12.2 Å². The quantitative estimate of drug-likeness (QED) is 0.472. The van der Waals surface area contributed by atoms with Gasteiger partial charge in [0, 0.05) is 25.2 Å². The molecule has 10 atom stereocenters. The van der Waals surface area contributed by atoms with Crippen LogP contribution in [0.3, 0.4) is 0 Å². The third-order valence-electron chi connectivity index (χ3n) is 8.02. The minimum absolute atomic E-state index is 0.0455. The topological polar surface area (TPSA) is 92.7 Å². The number of carbonyl (C=O) groups is 1. The van der Waals surface area contributed by atoms with Gasteiger partial charge in [0.25, 0.3) is 0 Å². The van der Waals surface area contributed by atoms with E-state index < -0.39 is 11.9 Å². The molecule has 2 unspecified atom stereocenters. The van der Waals surface area contributed by atoms with Crippen molar-refractivity contribution in [2.75, 3.05) is 13.7 Å². The second-order valence-corrected chi connectivity index (χ2v) is 10.9. The zero-order valence-corrected chi connectivity index (χ0v) is 21.2. The van der Waals surface area contributed by atoms with Gasteiger partial charge in [-0.2, -0.15) is 0 Å². The van der Waals surface area contributed by atoms with E-state index in [0.717, 1.165) is 18.4 Å². The molecule has 0 aromatic heterocycles. The lowest BCUT2D eigenvalue weighted by Crippen LogP contribution is -2.61. The van der Waals surface area contributed by atoms with Crippen molar-refractivity contribution >= 4 is 5.97 Å². The lowest BCUT2D eigenvalue weighted by Gasteiger charge is -2.50. The monoisotopic (exact) mass is 482 g/mol. The van der Waals surface area contributed by atoms with Crippen molar-refractivity contribution < 1.29 is 38.3 Å². The van der Waals surface area contributed by atoms with Gasteiger partial charge in [0.1, 0.15) is 0 Å². The van der Waals surface area contributed by atoms with Crippen LogP contribution >= 0.6 is 0 Å². The minimum Gasteiger partial charge on any atom is -0.469 e. The Morgan fingerprint density at radius 2 is 1.91 bits per heavy atom. The van der Waals surface area contributed by atoms with Crippen LogP contribution in [0.15, 0.2) is 12.2 Å². The average molecular weight is 483 g/mol. The second-order valence-electron chi connectivity index (χ2n) is 10.9. The number of ether oxygens (including phenoxy) is 6. The molecular weight excluding hydrogens is 440 g/mol. The zero-order chi connectivity index (χ0) is 24.6. The van der Waals surface area contributed by atoms with Gasteiger partial charge in [-0.05, 0) is 44.6 Å². The van der Waals surface area contributed by atoms with Crippen molar-refractivity contribution in [1.82, 2.24) is 0 Å². The van der Waals surface area contributed by atoms with Gasteiger partial charge in [-0.15, -0.1) is 0 Å². The molecule has 4 fully saturated rings. The van der Waals surface area contributed by atoms with Crippen molar-refractivity contribution in [3.63, 3.8) is 0 Å². The average Bonchev–Trinajstić information content (AvgIpc) is 2.93. The van der Waals surface area contributed by atoms with Gasteiger partial charge in [-0.1, -0.05) is 20.4 Å². The largest absolute Gasteiger partial charge is 0.469 e. The lowest BCUT2D eigenvalue weighted by atomic mass is 9.79. The summed E-state index contributed by atoms with van der Waals surface area (Å²) >= 11 is 0. The maximum absolute atomic E-state index is 11.6. The maximum atomic E-state index is 11.6. The van der Waals surface area contributed by atoms with Gasteiger partial charge in [-0.25, -0.2) is 0 Å². The summed E-state index contributed by atoms with van der Waals surface area (Å²) in [6.45, 7) is 12.9. The van der Waals surface area contributed by atoms with Crippen LogP contribution < -0.4 is 0 Å². The van der Waals surface area contributed by atoms with Gasteiger partial charge < -0.3 is 33.5 Å². The Kier molecular flexibility index (Phi) is 8.06. The molecule has 0 spiro atoms. The summed E-state index contributed by atoms with van der Waals surface area (Å²) in [5, 5.41) is 11.2. The van der Waals surface area contributed by atoms with Gasteiger partial charge in [0.15, 0.2) is 5.79 Å². The third kappa shape index (κ3) is 5.68. The molecule has 4 heterocycles. The summed E-state index contributed by atoms with van der Waals surface area (Å²) in [4.78, 5) is 11.6. The summed E-state index contributed by atoms with van der Waals surface area (Å²) in [6, 6.07) is 0. The number of methoxy groups -OCH3 is 1. The van der Waals surface area contributed by atoms with Gasteiger partial charge >= 0.3 is 5.97 Å². The molecule has 1 N–H and O–H groups in total. The van der Waals surface area contributed by atoms with Crippen molar-refractivity contribution in [2.45, 2.75) is 121 Å². The van der Waals surface area contributed by atoms with Crippen LogP contribution in [0.5, 0.6) is 0 Å². The van der Waals surface area contributed by atoms with E-state index >= 15 is 0 Å². The summed E-state index contributed by atoms with van der Waals surface area (Å²) in [5.41, 5.74) is 1.02. The van der Waals surface area contributed by atoms with E-state index in [4.69, 9.17) is 28.4 Å². The molecular formula is C26H42O8. The van der Waals surface area contributed by atoms with Crippen molar-refractivity contribution in [3.8, 4) is 0 Å². The van der Waals surface area contributed by atoms with Gasteiger partial charge in [-0.3, -0.25) is 4.79 Å². The smallest absolute Gasteiger partial charge is 0.305 e. The zero-order valence-electron chi connectivity index (χ0n) is 21.2. The number of aliphatic hydroxyl groups excluding tert-OH is 1. The highest BCUT2D eigenvalue weighted by molar-refractivity contribution is 5.69. The molecule has 0 saturated carbocycles. The predicted molar refractivity (Wildman–Crippen MR) is 124 cm³/mol. The summed E-state index contributed by atoms with van der Waals surface area (Å²) < 4.78 is 36.1. The predicted octanol–water partition coefficient (Wildman–Crippen LogP) is 3.14. The molecule has 0 aromatic rings. The van der Waals surface area contributed by atoms with E-state index in [1.165, 1.54) is 7.11 Å². The first kappa shape index (κ1) is 26.0. The number of fused-ring (bicyclic) bond motifs is 2. The maximum Gasteiger partial charge on any atom is 0.305 e.